The summed E-state index contributed by atoms with van der Waals surface area (Å²) in [6.07, 6.45) is 1.51. The highest BCUT2D eigenvalue weighted by Gasteiger charge is 2.35. The predicted octanol–water partition coefficient (Wildman–Crippen LogP) is 4.88. The van der Waals surface area contributed by atoms with Gasteiger partial charge in [0.25, 0.3) is 5.91 Å². The molecule has 0 bridgehead atoms. The summed E-state index contributed by atoms with van der Waals surface area (Å²) in [4.78, 5) is 33.1. The van der Waals surface area contributed by atoms with E-state index in [1.807, 2.05) is 62.9 Å². The van der Waals surface area contributed by atoms with Gasteiger partial charge in [0.2, 0.25) is 0 Å². The summed E-state index contributed by atoms with van der Waals surface area (Å²) >= 11 is 1.54. The molecule has 2 unspecified atom stereocenters. The molecule has 0 spiro atoms. The maximum Gasteiger partial charge on any atom is 0.407 e. The molecule has 1 saturated heterocycles. The number of aromatic nitrogens is 1. The highest BCUT2D eigenvalue weighted by Crippen LogP contribution is 2.33. The summed E-state index contributed by atoms with van der Waals surface area (Å²) in [5, 5.41) is 3.72. The number of amides is 2. The Kier molecular flexibility index (Phi) is 6.81. The third kappa shape index (κ3) is 5.39. The van der Waals surface area contributed by atoms with Gasteiger partial charge in [-0.3, -0.25) is 4.79 Å². The molecule has 2 amide bonds. The van der Waals surface area contributed by atoms with Gasteiger partial charge in [-0.1, -0.05) is 37.3 Å². The molecule has 162 valence electrons. The minimum Gasteiger partial charge on any atom is -0.444 e. The molecule has 1 aliphatic rings. The van der Waals surface area contributed by atoms with Gasteiger partial charge in [0.15, 0.2) is 0 Å². The Labute approximate surface area is 182 Å². The number of alkyl carbamates (subject to hydrolysis) is 1. The fraction of sp³-hybridized carbons (Fsp3) is 0.522. The summed E-state index contributed by atoms with van der Waals surface area (Å²) in [6.45, 7) is 10.6. The number of benzene rings is 1. The molecule has 1 aromatic heterocycles. The number of nitrogens with one attached hydrogen (secondary N) is 1. The van der Waals surface area contributed by atoms with E-state index in [0.717, 1.165) is 28.3 Å². The van der Waals surface area contributed by atoms with E-state index < -0.39 is 11.7 Å². The third-order valence-electron chi connectivity index (χ3n) is 5.20. The number of hydrogen-bond donors (Lipinski definition) is 1. The summed E-state index contributed by atoms with van der Waals surface area (Å²) in [5.74, 6) is 0.207. The fourth-order valence-corrected chi connectivity index (χ4v) is 4.72. The highest BCUT2D eigenvalue weighted by atomic mass is 32.1. The van der Waals surface area contributed by atoms with Crippen LogP contribution in [0.3, 0.4) is 0 Å². The molecule has 2 atom stereocenters. The number of rotatable bonds is 4. The molecule has 30 heavy (non-hydrogen) atoms. The number of aryl methyl sites for hydroxylation is 1. The lowest BCUT2D eigenvalue weighted by molar-refractivity contribution is 0.0405. The number of carbonyl (C=O) groups is 2. The largest absolute Gasteiger partial charge is 0.444 e. The van der Waals surface area contributed by atoms with E-state index in [1.54, 1.807) is 0 Å². The first kappa shape index (κ1) is 22.3. The second-order valence-electron chi connectivity index (χ2n) is 8.84. The van der Waals surface area contributed by atoms with Crippen LogP contribution < -0.4 is 5.32 Å². The maximum absolute atomic E-state index is 13.6. The Bertz CT molecular complexity index is 889. The monoisotopic (exact) mass is 429 g/mol. The molecular weight excluding hydrogens is 398 g/mol. The Balaban J connectivity index is 1.81. The quantitative estimate of drug-likeness (QED) is 0.752. The molecule has 2 heterocycles. The van der Waals surface area contributed by atoms with E-state index in [4.69, 9.17) is 4.74 Å². The average molecular weight is 430 g/mol. The molecule has 0 aliphatic carbocycles. The van der Waals surface area contributed by atoms with E-state index in [0.29, 0.717) is 18.8 Å². The number of hydrogen-bond acceptors (Lipinski definition) is 5. The topological polar surface area (TPSA) is 71.5 Å². The van der Waals surface area contributed by atoms with Crippen LogP contribution in [0.25, 0.3) is 10.4 Å². The summed E-state index contributed by atoms with van der Waals surface area (Å²) in [7, 11) is 0. The summed E-state index contributed by atoms with van der Waals surface area (Å²) in [5.41, 5.74) is 0.945. The molecule has 1 fully saturated rings. The molecule has 7 heteroatoms. The fourth-order valence-electron chi connectivity index (χ4n) is 3.81. The van der Waals surface area contributed by atoms with Crippen molar-refractivity contribution in [3.8, 4) is 10.4 Å². The van der Waals surface area contributed by atoms with Gasteiger partial charge in [-0.15, -0.1) is 11.3 Å². The van der Waals surface area contributed by atoms with Crippen molar-refractivity contribution in [3.05, 3.63) is 41.0 Å². The van der Waals surface area contributed by atoms with Crippen molar-refractivity contribution in [3.63, 3.8) is 0 Å². The lowest BCUT2D eigenvalue weighted by Gasteiger charge is -2.40. The van der Waals surface area contributed by atoms with Crippen LogP contribution in [-0.4, -0.2) is 46.6 Å². The second-order valence-corrected chi connectivity index (χ2v) is 10.0. The number of carbonyl (C=O) groups excluding carboxylic acids is 2. The van der Waals surface area contributed by atoms with Gasteiger partial charge >= 0.3 is 6.09 Å². The van der Waals surface area contributed by atoms with Gasteiger partial charge in [0, 0.05) is 13.1 Å². The van der Waals surface area contributed by atoms with Crippen LogP contribution in [0, 0.1) is 12.8 Å². The van der Waals surface area contributed by atoms with Crippen molar-refractivity contribution < 1.29 is 14.3 Å². The normalized spacial score (nSPS) is 19.4. The van der Waals surface area contributed by atoms with E-state index in [2.05, 4.69) is 17.2 Å². The van der Waals surface area contributed by atoms with Crippen molar-refractivity contribution in [2.75, 3.05) is 13.1 Å². The Morgan fingerprint density at radius 3 is 2.63 bits per heavy atom. The number of likely N-dealkylation sites (tertiary alicyclic amines) is 1. The molecule has 2 aromatic rings. The predicted molar refractivity (Wildman–Crippen MR) is 120 cm³/mol. The Morgan fingerprint density at radius 1 is 1.27 bits per heavy atom. The van der Waals surface area contributed by atoms with Gasteiger partial charge in [-0.2, -0.15) is 0 Å². The second kappa shape index (κ2) is 9.16. The van der Waals surface area contributed by atoms with Crippen LogP contribution in [0.1, 0.15) is 56.0 Å². The molecule has 0 radical (unpaired) electrons. The SMILES string of the molecule is Cc1nc(C(=O)N2CCCC(C)C2CNC(=O)OC(C)(C)C)c(-c2ccccc2)s1. The third-order valence-corrected chi connectivity index (χ3v) is 6.22. The Morgan fingerprint density at radius 2 is 1.97 bits per heavy atom. The first-order valence-electron chi connectivity index (χ1n) is 10.5. The van der Waals surface area contributed by atoms with Crippen LogP contribution in [0.5, 0.6) is 0 Å². The zero-order valence-corrected chi connectivity index (χ0v) is 19.2. The van der Waals surface area contributed by atoms with Gasteiger partial charge in [-0.05, 0) is 52.0 Å². The molecule has 1 aliphatic heterocycles. The minimum absolute atomic E-state index is 0.0688. The number of piperidine rings is 1. The van der Waals surface area contributed by atoms with E-state index in [1.165, 1.54) is 11.3 Å². The lowest BCUT2D eigenvalue weighted by atomic mass is 9.90. The first-order valence-corrected chi connectivity index (χ1v) is 11.3. The van der Waals surface area contributed by atoms with Crippen LogP contribution in [0.15, 0.2) is 30.3 Å². The lowest BCUT2D eigenvalue weighted by Crippen LogP contribution is -2.53. The zero-order valence-electron chi connectivity index (χ0n) is 18.4. The first-order chi connectivity index (χ1) is 14.2. The number of nitrogens with zero attached hydrogens (tertiary/aromatic N) is 2. The highest BCUT2D eigenvalue weighted by molar-refractivity contribution is 7.15. The van der Waals surface area contributed by atoms with Gasteiger partial charge in [-0.25, -0.2) is 9.78 Å². The number of thiazole rings is 1. The Hall–Kier alpha value is -2.41. The maximum atomic E-state index is 13.6. The summed E-state index contributed by atoms with van der Waals surface area (Å²) in [6, 6.07) is 9.81. The van der Waals surface area contributed by atoms with Crippen molar-refractivity contribution >= 4 is 23.3 Å². The zero-order chi connectivity index (χ0) is 21.9. The smallest absolute Gasteiger partial charge is 0.407 e. The van der Waals surface area contributed by atoms with Crippen molar-refractivity contribution in [2.24, 2.45) is 5.92 Å². The average Bonchev–Trinajstić information content (AvgIpc) is 3.07. The van der Waals surface area contributed by atoms with Crippen LogP contribution in [0.2, 0.25) is 0 Å². The van der Waals surface area contributed by atoms with Crippen molar-refractivity contribution in [2.45, 2.75) is 59.1 Å². The van der Waals surface area contributed by atoms with Crippen molar-refractivity contribution in [1.29, 1.82) is 0 Å². The standard InChI is InChI=1S/C23H31N3O3S/c1-15-10-9-13-26(18(15)14-24-22(28)29-23(3,4)5)21(27)19-20(30-16(2)25-19)17-11-7-6-8-12-17/h6-8,11-12,15,18H,9-10,13-14H2,1-5H3,(H,24,28). The van der Waals surface area contributed by atoms with Gasteiger partial charge in [0.05, 0.1) is 15.9 Å². The summed E-state index contributed by atoms with van der Waals surface area (Å²) < 4.78 is 5.36. The minimum atomic E-state index is -0.555. The van der Waals surface area contributed by atoms with Crippen LogP contribution in [0.4, 0.5) is 4.79 Å². The molecule has 6 nitrogen and oxygen atoms in total. The van der Waals surface area contributed by atoms with E-state index >= 15 is 0 Å². The van der Waals surface area contributed by atoms with E-state index in [9.17, 15) is 9.59 Å². The number of ether oxygens (including phenoxy) is 1. The van der Waals surface area contributed by atoms with Crippen LogP contribution in [-0.2, 0) is 4.74 Å². The molecule has 1 aromatic carbocycles. The van der Waals surface area contributed by atoms with Gasteiger partial charge in [0.1, 0.15) is 11.3 Å². The van der Waals surface area contributed by atoms with E-state index in [-0.39, 0.29) is 17.9 Å². The van der Waals surface area contributed by atoms with Crippen molar-refractivity contribution in [1.82, 2.24) is 15.2 Å². The van der Waals surface area contributed by atoms with Crippen LogP contribution >= 0.6 is 11.3 Å². The molecule has 3 rings (SSSR count). The molecular formula is C23H31N3O3S. The molecule has 1 N–H and O–H groups in total. The molecule has 0 saturated carbocycles. The van der Waals surface area contributed by atoms with Gasteiger partial charge < -0.3 is 15.0 Å².